The van der Waals surface area contributed by atoms with Gasteiger partial charge in [0.25, 0.3) is 5.56 Å². The minimum Gasteiger partial charge on any atom is -0.340 e. The van der Waals surface area contributed by atoms with Crippen LogP contribution in [0.15, 0.2) is 27.6 Å². The minimum absolute atomic E-state index is 0.0438. The first-order valence-electron chi connectivity index (χ1n) is 6.85. The van der Waals surface area contributed by atoms with E-state index in [9.17, 15) is 9.59 Å². The Bertz CT molecular complexity index is 572. The van der Waals surface area contributed by atoms with Gasteiger partial charge in [-0.25, -0.2) is 0 Å². The molecule has 0 aromatic carbocycles. The van der Waals surface area contributed by atoms with Gasteiger partial charge in [0, 0.05) is 42.9 Å². The summed E-state index contributed by atoms with van der Waals surface area (Å²) in [5, 5.41) is 0. The molecule has 1 amide bonds. The molecule has 2 fully saturated rings. The normalized spacial score (nSPS) is 26.0. The second kappa shape index (κ2) is 5.33. The number of hydrogen-bond acceptors (Lipinski definition) is 3. The number of carbonyl (C=O) groups excluding carboxylic acids is 1. The Hall–Kier alpha value is -1.14. The van der Waals surface area contributed by atoms with Gasteiger partial charge < -0.3 is 14.4 Å². The van der Waals surface area contributed by atoms with E-state index >= 15 is 0 Å². The molecule has 0 bridgehead atoms. The van der Waals surface area contributed by atoms with Crippen molar-refractivity contribution >= 4 is 21.8 Å². The molecule has 0 N–H and O–H groups in total. The van der Waals surface area contributed by atoms with E-state index < -0.39 is 0 Å². The van der Waals surface area contributed by atoms with Crippen LogP contribution in [-0.4, -0.2) is 53.5 Å². The molecule has 6 heteroatoms. The van der Waals surface area contributed by atoms with Crippen molar-refractivity contribution < 1.29 is 4.79 Å². The van der Waals surface area contributed by atoms with Crippen molar-refractivity contribution in [1.29, 1.82) is 0 Å². The highest BCUT2D eigenvalue weighted by Crippen LogP contribution is 2.30. The molecule has 2 atom stereocenters. The number of fused-ring (bicyclic) bond motifs is 1. The van der Waals surface area contributed by atoms with Gasteiger partial charge in [-0.2, -0.15) is 0 Å². The van der Waals surface area contributed by atoms with E-state index in [1.807, 2.05) is 4.90 Å². The molecule has 108 valence electrons. The molecule has 5 nitrogen and oxygen atoms in total. The fourth-order valence-corrected chi connectivity index (χ4v) is 3.68. The Morgan fingerprint density at radius 1 is 1.25 bits per heavy atom. The van der Waals surface area contributed by atoms with E-state index in [1.54, 1.807) is 12.3 Å². The van der Waals surface area contributed by atoms with Crippen LogP contribution in [0.3, 0.4) is 0 Å². The molecular formula is C14H18BrN3O2. The summed E-state index contributed by atoms with van der Waals surface area (Å²) in [6.07, 6.45) is 1.67. The number of amides is 1. The zero-order valence-electron chi connectivity index (χ0n) is 11.5. The van der Waals surface area contributed by atoms with Crippen LogP contribution < -0.4 is 5.56 Å². The summed E-state index contributed by atoms with van der Waals surface area (Å²) < 4.78 is 2.27. The predicted molar refractivity (Wildman–Crippen MR) is 79.5 cm³/mol. The van der Waals surface area contributed by atoms with Crippen molar-refractivity contribution in [1.82, 2.24) is 14.4 Å². The largest absolute Gasteiger partial charge is 0.340 e. The van der Waals surface area contributed by atoms with Gasteiger partial charge in [0.15, 0.2) is 0 Å². The zero-order valence-corrected chi connectivity index (χ0v) is 13.0. The van der Waals surface area contributed by atoms with Gasteiger partial charge in [-0.15, -0.1) is 0 Å². The molecule has 3 heterocycles. The third-order valence-electron chi connectivity index (χ3n) is 4.27. The summed E-state index contributed by atoms with van der Waals surface area (Å²) in [6.45, 7) is 3.94. The van der Waals surface area contributed by atoms with Crippen LogP contribution >= 0.6 is 15.9 Å². The molecule has 20 heavy (non-hydrogen) atoms. The van der Waals surface area contributed by atoms with Gasteiger partial charge in [0.1, 0.15) is 6.54 Å². The second-order valence-electron chi connectivity index (χ2n) is 5.85. The summed E-state index contributed by atoms with van der Waals surface area (Å²) in [6, 6.07) is 3.17. The van der Waals surface area contributed by atoms with Crippen LogP contribution in [0.25, 0.3) is 0 Å². The number of nitrogens with zero attached hydrogens (tertiary/aromatic N) is 3. The van der Waals surface area contributed by atoms with Gasteiger partial charge in [0.2, 0.25) is 5.91 Å². The highest BCUT2D eigenvalue weighted by atomic mass is 79.9. The fourth-order valence-electron chi connectivity index (χ4n) is 3.30. The molecule has 2 saturated heterocycles. The van der Waals surface area contributed by atoms with Crippen molar-refractivity contribution in [3.63, 3.8) is 0 Å². The molecule has 0 saturated carbocycles. The summed E-state index contributed by atoms with van der Waals surface area (Å²) in [5.41, 5.74) is -0.138. The molecule has 2 aliphatic heterocycles. The van der Waals surface area contributed by atoms with E-state index in [2.05, 4.69) is 27.9 Å². The summed E-state index contributed by atoms with van der Waals surface area (Å²) in [7, 11) is 2.13. The maximum atomic E-state index is 12.3. The average molecular weight is 340 g/mol. The molecule has 3 rings (SSSR count). The van der Waals surface area contributed by atoms with Crippen molar-refractivity contribution in [3.05, 3.63) is 33.2 Å². The molecule has 0 radical (unpaired) electrons. The van der Waals surface area contributed by atoms with Crippen LogP contribution in [0.1, 0.15) is 0 Å². The van der Waals surface area contributed by atoms with Gasteiger partial charge in [-0.3, -0.25) is 9.59 Å². The first-order valence-corrected chi connectivity index (χ1v) is 7.64. The quantitative estimate of drug-likeness (QED) is 0.793. The van der Waals surface area contributed by atoms with E-state index in [1.165, 1.54) is 10.6 Å². The van der Waals surface area contributed by atoms with Gasteiger partial charge >= 0.3 is 0 Å². The lowest BCUT2D eigenvalue weighted by Crippen LogP contribution is -2.36. The summed E-state index contributed by atoms with van der Waals surface area (Å²) in [5.74, 6) is 1.24. The second-order valence-corrected chi connectivity index (χ2v) is 6.77. The lowest BCUT2D eigenvalue weighted by Gasteiger charge is -2.19. The Balaban J connectivity index is 1.66. The van der Waals surface area contributed by atoms with Crippen LogP contribution in [0.4, 0.5) is 0 Å². The maximum Gasteiger partial charge on any atom is 0.251 e. The minimum atomic E-state index is -0.138. The smallest absolute Gasteiger partial charge is 0.251 e. The number of pyridine rings is 1. The van der Waals surface area contributed by atoms with Crippen molar-refractivity contribution in [3.8, 4) is 0 Å². The van der Waals surface area contributed by atoms with E-state index in [0.717, 1.165) is 30.7 Å². The van der Waals surface area contributed by atoms with Crippen LogP contribution in [0.2, 0.25) is 0 Å². The molecule has 1 aromatic heterocycles. The van der Waals surface area contributed by atoms with Crippen LogP contribution in [-0.2, 0) is 11.3 Å². The monoisotopic (exact) mass is 339 g/mol. The van der Waals surface area contributed by atoms with Crippen LogP contribution in [0, 0.1) is 11.8 Å². The number of likely N-dealkylation sites (tertiary alicyclic amines) is 2. The molecule has 1 aromatic rings. The van der Waals surface area contributed by atoms with E-state index in [-0.39, 0.29) is 18.0 Å². The van der Waals surface area contributed by atoms with E-state index in [4.69, 9.17) is 0 Å². The number of carbonyl (C=O) groups is 1. The third-order valence-corrected chi connectivity index (χ3v) is 4.74. The first-order chi connectivity index (χ1) is 9.52. The SMILES string of the molecule is CN1C[C@@H]2CN(C(=O)Cn3cc(Br)ccc3=O)C[C@@H]2C1. The number of hydrogen-bond donors (Lipinski definition) is 0. The Labute approximate surface area is 126 Å². The Kier molecular flexibility index (Phi) is 3.69. The maximum absolute atomic E-state index is 12.3. The van der Waals surface area contributed by atoms with Gasteiger partial charge in [-0.1, -0.05) is 0 Å². The van der Waals surface area contributed by atoms with Crippen molar-refractivity contribution in [2.24, 2.45) is 11.8 Å². The van der Waals surface area contributed by atoms with Crippen LogP contribution in [0.5, 0.6) is 0 Å². The lowest BCUT2D eigenvalue weighted by atomic mass is 10.0. The van der Waals surface area contributed by atoms with Gasteiger partial charge in [-0.05, 0) is 40.9 Å². The highest BCUT2D eigenvalue weighted by molar-refractivity contribution is 9.10. The topological polar surface area (TPSA) is 45.5 Å². The zero-order chi connectivity index (χ0) is 14.3. The number of aromatic nitrogens is 1. The highest BCUT2D eigenvalue weighted by Gasteiger charge is 2.40. The summed E-state index contributed by atoms with van der Waals surface area (Å²) >= 11 is 3.33. The van der Waals surface area contributed by atoms with Crippen molar-refractivity contribution in [2.75, 3.05) is 33.2 Å². The molecule has 2 aliphatic rings. The van der Waals surface area contributed by atoms with E-state index in [0.29, 0.717) is 11.8 Å². The molecule has 0 spiro atoms. The number of halogens is 1. The molecule has 0 aliphatic carbocycles. The average Bonchev–Trinajstić information content (AvgIpc) is 2.91. The molecule has 0 unspecified atom stereocenters. The standard InChI is InChI=1S/C14H18BrN3O2/c1-16-4-10-6-17(7-11(10)5-16)14(20)9-18-8-12(15)2-3-13(18)19/h2-3,8,10-11H,4-7,9H2,1H3/t10-,11+. The van der Waals surface area contributed by atoms with Gasteiger partial charge in [0.05, 0.1) is 0 Å². The van der Waals surface area contributed by atoms with Crippen molar-refractivity contribution in [2.45, 2.75) is 6.54 Å². The lowest BCUT2D eigenvalue weighted by molar-refractivity contribution is -0.131. The fraction of sp³-hybridized carbons (Fsp3) is 0.571. The summed E-state index contributed by atoms with van der Waals surface area (Å²) in [4.78, 5) is 28.3. The number of rotatable bonds is 2. The predicted octanol–water partition coefficient (Wildman–Crippen LogP) is 0.631. The first kappa shape index (κ1) is 13.8. The molecular weight excluding hydrogens is 322 g/mol. The third kappa shape index (κ3) is 2.67. The Morgan fingerprint density at radius 2 is 1.90 bits per heavy atom. The Morgan fingerprint density at radius 3 is 2.55 bits per heavy atom.